The van der Waals surface area contributed by atoms with Crippen molar-refractivity contribution in [1.82, 2.24) is 4.57 Å². The van der Waals surface area contributed by atoms with Crippen molar-refractivity contribution in [3.05, 3.63) is 58.6 Å². The topological polar surface area (TPSA) is 30.9 Å². The van der Waals surface area contributed by atoms with Crippen LogP contribution in [0.3, 0.4) is 0 Å². The molecule has 1 unspecified atom stereocenters. The minimum absolute atomic E-state index is 0.0987. The Morgan fingerprint density at radius 3 is 2.89 bits per heavy atom. The average molecular weight is 267 g/mol. The first kappa shape index (κ1) is 13.1. The van der Waals surface area contributed by atoms with Crippen LogP contribution in [-0.2, 0) is 13.0 Å². The van der Waals surface area contributed by atoms with Gasteiger partial charge < -0.3 is 10.3 Å². The minimum Gasteiger partial charge on any atom is -0.347 e. The van der Waals surface area contributed by atoms with Crippen molar-refractivity contribution in [3.63, 3.8) is 0 Å². The van der Waals surface area contributed by atoms with Crippen molar-refractivity contribution < 1.29 is 4.39 Å². The highest BCUT2D eigenvalue weighted by Gasteiger charge is 2.07. The molecule has 96 valence electrons. The van der Waals surface area contributed by atoms with Crippen molar-refractivity contribution in [1.29, 1.82) is 0 Å². The van der Waals surface area contributed by atoms with Crippen LogP contribution in [-0.4, -0.2) is 10.6 Å². The number of aromatic nitrogens is 1. The SMILES string of the molecule is CC(N)Cc1cccn1Cc1cc(F)ccc1Cl. The second kappa shape index (κ2) is 5.55. The van der Waals surface area contributed by atoms with Gasteiger partial charge in [-0.05, 0) is 42.8 Å². The zero-order chi connectivity index (χ0) is 13.1. The van der Waals surface area contributed by atoms with E-state index in [4.69, 9.17) is 17.3 Å². The van der Waals surface area contributed by atoms with Crippen LogP contribution in [0, 0.1) is 5.82 Å². The van der Waals surface area contributed by atoms with Gasteiger partial charge >= 0.3 is 0 Å². The number of hydrogen-bond donors (Lipinski definition) is 1. The molecule has 0 aliphatic carbocycles. The Labute approximate surface area is 111 Å². The van der Waals surface area contributed by atoms with Crippen LogP contribution in [0.15, 0.2) is 36.5 Å². The lowest BCUT2D eigenvalue weighted by molar-refractivity contribution is 0.620. The van der Waals surface area contributed by atoms with Gasteiger partial charge in [-0.1, -0.05) is 11.6 Å². The summed E-state index contributed by atoms with van der Waals surface area (Å²) in [6, 6.07) is 8.51. The first-order valence-electron chi connectivity index (χ1n) is 5.90. The normalized spacial score (nSPS) is 12.7. The van der Waals surface area contributed by atoms with E-state index in [0.29, 0.717) is 11.6 Å². The molecule has 1 heterocycles. The second-order valence-electron chi connectivity index (χ2n) is 4.54. The number of nitrogens with zero attached hydrogens (tertiary/aromatic N) is 1. The smallest absolute Gasteiger partial charge is 0.123 e. The lowest BCUT2D eigenvalue weighted by atomic mass is 10.2. The molecule has 0 spiro atoms. The summed E-state index contributed by atoms with van der Waals surface area (Å²) in [7, 11) is 0. The summed E-state index contributed by atoms with van der Waals surface area (Å²) in [6.07, 6.45) is 2.75. The second-order valence-corrected chi connectivity index (χ2v) is 4.95. The molecule has 2 N–H and O–H groups in total. The van der Waals surface area contributed by atoms with Gasteiger partial charge in [0.05, 0.1) is 0 Å². The van der Waals surface area contributed by atoms with E-state index >= 15 is 0 Å². The van der Waals surface area contributed by atoms with Crippen LogP contribution in [0.2, 0.25) is 5.02 Å². The molecule has 0 aliphatic heterocycles. The number of hydrogen-bond acceptors (Lipinski definition) is 1. The van der Waals surface area contributed by atoms with Gasteiger partial charge in [-0.2, -0.15) is 0 Å². The van der Waals surface area contributed by atoms with E-state index in [1.165, 1.54) is 12.1 Å². The zero-order valence-corrected chi connectivity index (χ0v) is 11.0. The maximum Gasteiger partial charge on any atom is 0.123 e. The van der Waals surface area contributed by atoms with Gasteiger partial charge in [0.2, 0.25) is 0 Å². The average Bonchev–Trinajstić information content (AvgIpc) is 2.70. The van der Waals surface area contributed by atoms with E-state index in [1.54, 1.807) is 6.07 Å². The first-order chi connectivity index (χ1) is 8.56. The van der Waals surface area contributed by atoms with Gasteiger partial charge in [-0.25, -0.2) is 4.39 Å². The molecule has 1 aromatic carbocycles. The zero-order valence-electron chi connectivity index (χ0n) is 10.2. The Balaban J connectivity index is 2.23. The molecule has 0 saturated carbocycles. The highest BCUT2D eigenvalue weighted by atomic mass is 35.5. The number of benzene rings is 1. The molecule has 4 heteroatoms. The van der Waals surface area contributed by atoms with Crippen LogP contribution in [0.1, 0.15) is 18.2 Å². The summed E-state index contributed by atoms with van der Waals surface area (Å²) in [6.45, 7) is 2.53. The lowest BCUT2D eigenvalue weighted by Crippen LogP contribution is -2.20. The molecule has 0 fully saturated rings. The minimum atomic E-state index is -0.268. The van der Waals surface area contributed by atoms with Crippen LogP contribution in [0.25, 0.3) is 0 Å². The summed E-state index contributed by atoms with van der Waals surface area (Å²) in [5, 5.41) is 0.580. The largest absolute Gasteiger partial charge is 0.347 e. The molecule has 0 amide bonds. The van der Waals surface area contributed by atoms with Crippen molar-refractivity contribution in [2.24, 2.45) is 5.73 Å². The summed E-state index contributed by atoms with van der Waals surface area (Å²) in [4.78, 5) is 0. The van der Waals surface area contributed by atoms with E-state index in [9.17, 15) is 4.39 Å². The fraction of sp³-hybridized carbons (Fsp3) is 0.286. The van der Waals surface area contributed by atoms with Crippen molar-refractivity contribution in [2.45, 2.75) is 25.9 Å². The fourth-order valence-electron chi connectivity index (χ4n) is 1.97. The maximum absolute atomic E-state index is 13.2. The van der Waals surface area contributed by atoms with Gasteiger partial charge in [0.1, 0.15) is 5.82 Å². The van der Waals surface area contributed by atoms with Gasteiger partial charge in [0, 0.05) is 35.9 Å². The lowest BCUT2D eigenvalue weighted by Gasteiger charge is -2.12. The Morgan fingerprint density at radius 2 is 2.17 bits per heavy atom. The van der Waals surface area contributed by atoms with Gasteiger partial charge in [0.15, 0.2) is 0 Å². The van der Waals surface area contributed by atoms with Gasteiger partial charge in [-0.3, -0.25) is 0 Å². The van der Waals surface area contributed by atoms with Crippen LogP contribution < -0.4 is 5.73 Å². The van der Waals surface area contributed by atoms with E-state index in [1.807, 2.05) is 29.8 Å². The van der Waals surface area contributed by atoms with Crippen molar-refractivity contribution in [2.75, 3.05) is 0 Å². The maximum atomic E-state index is 13.2. The van der Waals surface area contributed by atoms with E-state index in [2.05, 4.69) is 0 Å². The molecule has 1 atom stereocenters. The third-order valence-electron chi connectivity index (χ3n) is 2.80. The van der Waals surface area contributed by atoms with Crippen LogP contribution in [0.4, 0.5) is 4.39 Å². The van der Waals surface area contributed by atoms with Crippen molar-refractivity contribution in [3.8, 4) is 0 Å². The van der Waals surface area contributed by atoms with Crippen molar-refractivity contribution >= 4 is 11.6 Å². The highest BCUT2D eigenvalue weighted by molar-refractivity contribution is 6.31. The Kier molecular flexibility index (Phi) is 4.04. The third-order valence-corrected chi connectivity index (χ3v) is 3.17. The van der Waals surface area contributed by atoms with Gasteiger partial charge in [0.25, 0.3) is 0 Å². The van der Waals surface area contributed by atoms with E-state index < -0.39 is 0 Å². The standard InChI is InChI=1S/C14H16ClFN2/c1-10(17)7-13-3-2-6-18(13)9-11-8-12(16)4-5-14(11)15/h2-6,8,10H,7,9,17H2,1H3. The Bertz CT molecular complexity index is 534. The number of halogens is 2. The molecular formula is C14H16ClFN2. The predicted molar refractivity (Wildman–Crippen MR) is 72.3 cm³/mol. The van der Waals surface area contributed by atoms with Crippen LogP contribution >= 0.6 is 11.6 Å². The van der Waals surface area contributed by atoms with E-state index in [0.717, 1.165) is 17.7 Å². The number of rotatable bonds is 4. The highest BCUT2D eigenvalue weighted by Crippen LogP contribution is 2.19. The Hall–Kier alpha value is -1.32. The first-order valence-corrected chi connectivity index (χ1v) is 6.27. The quantitative estimate of drug-likeness (QED) is 0.905. The summed E-state index contributed by atoms with van der Waals surface area (Å²) < 4.78 is 15.2. The molecule has 0 aliphatic rings. The molecule has 0 saturated heterocycles. The van der Waals surface area contributed by atoms with Crippen LogP contribution in [0.5, 0.6) is 0 Å². The Morgan fingerprint density at radius 1 is 1.39 bits per heavy atom. The molecule has 2 nitrogen and oxygen atoms in total. The number of nitrogens with two attached hydrogens (primary N) is 1. The summed E-state index contributed by atoms with van der Waals surface area (Å²) >= 11 is 6.07. The molecule has 2 rings (SSSR count). The molecule has 1 aromatic heterocycles. The molecule has 0 bridgehead atoms. The summed E-state index contributed by atoms with van der Waals surface area (Å²) in [5.74, 6) is -0.268. The fourth-order valence-corrected chi connectivity index (χ4v) is 2.14. The molecule has 18 heavy (non-hydrogen) atoms. The molecule has 0 radical (unpaired) electrons. The predicted octanol–water partition coefficient (Wildman–Crippen LogP) is 3.22. The monoisotopic (exact) mass is 266 g/mol. The summed E-state index contributed by atoms with van der Waals surface area (Å²) in [5.41, 5.74) is 7.71. The molecular weight excluding hydrogens is 251 g/mol. The third kappa shape index (κ3) is 3.12. The van der Waals surface area contributed by atoms with E-state index in [-0.39, 0.29) is 11.9 Å². The van der Waals surface area contributed by atoms with Gasteiger partial charge in [-0.15, -0.1) is 0 Å². The molecule has 2 aromatic rings.